The lowest BCUT2D eigenvalue weighted by molar-refractivity contribution is 0.779. The second-order valence-corrected chi connectivity index (χ2v) is 3.87. The topological polar surface area (TPSA) is 42.7 Å². The van der Waals surface area contributed by atoms with Crippen molar-refractivity contribution < 1.29 is 0 Å². The molecular formula is C12H16N4. The van der Waals surface area contributed by atoms with Crippen molar-refractivity contribution in [2.24, 2.45) is 0 Å². The first kappa shape index (κ1) is 10.8. The van der Waals surface area contributed by atoms with Crippen LogP contribution in [0.5, 0.6) is 0 Å². The van der Waals surface area contributed by atoms with E-state index < -0.39 is 0 Å². The minimum absolute atomic E-state index is 0.771. The molecule has 0 unspecified atom stereocenters. The molecule has 0 aliphatic heterocycles. The van der Waals surface area contributed by atoms with Gasteiger partial charge in [0.1, 0.15) is 0 Å². The van der Waals surface area contributed by atoms with Crippen LogP contribution in [0.1, 0.15) is 17.1 Å². The van der Waals surface area contributed by atoms with Crippen molar-refractivity contribution in [2.75, 3.05) is 7.05 Å². The summed E-state index contributed by atoms with van der Waals surface area (Å²) in [4.78, 5) is 4.29. The van der Waals surface area contributed by atoms with Gasteiger partial charge in [0.25, 0.3) is 0 Å². The Morgan fingerprint density at radius 3 is 2.75 bits per heavy atom. The number of hydrogen-bond donors (Lipinski definition) is 1. The highest BCUT2D eigenvalue weighted by Gasteiger charge is 2.04. The molecule has 4 heteroatoms. The molecule has 0 aliphatic carbocycles. The number of rotatable bonds is 3. The molecule has 2 aromatic heterocycles. The number of nitrogens with one attached hydrogen (secondary N) is 1. The van der Waals surface area contributed by atoms with Crippen molar-refractivity contribution in [3.8, 4) is 5.69 Å². The van der Waals surface area contributed by atoms with Crippen molar-refractivity contribution >= 4 is 0 Å². The molecule has 0 fully saturated rings. The standard InChI is InChI=1S/C12H16N4/c1-9-6-10(2)16(15-9)12-4-5-14-11(7-12)8-13-3/h4-7,13H,8H2,1-3H3. The summed E-state index contributed by atoms with van der Waals surface area (Å²) >= 11 is 0. The molecule has 1 N–H and O–H groups in total. The fraction of sp³-hybridized carbons (Fsp3) is 0.333. The van der Waals surface area contributed by atoms with Gasteiger partial charge in [0, 0.05) is 18.4 Å². The van der Waals surface area contributed by atoms with Crippen LogP contribution in [0, 0.1) is 13.8 Å². The molecule has 0 atom stereocenters. The van der Waals surface area contributed by atoms with Gasteiger partial charge >= 0.3 is 0 Å². The van der Waals surface area contributed by atoms with Gasteiger partial charge in [-0.05, 0) is 39.1 Å². The van der Waals surface area contributed by atoms with Crippen LogP contribution in [0.2, 0.25) is 0 Å². The molecule has 0 amide bonds. The van der Waals surface area contributed by atoms with Gasteiger partial charge in [-0.2, -0.15) is 5.10 Å². The molecule has 0 aliphatic rings. The summed E-state index contributed by atoms with van der Waals surface area (Å²) in [7, 11) is 1.91. The summed E-state index contributed by atoms with van der Waals surface area (Å²) in [5.74, 6) is 0. The van der Waals surface area contributed by atoms with Crippen molar-refractivity contribution in [2.45, 2.75) is 20.4 Å². The molecule has 84 valence electrons. The second kappa shape index (κ2) is 4.45. The van der Waals surface area contributed by atoms with Crippen LogP contribution in [0.25, 0.3) is 5.69 Å². The summed E-state index contributed by atoms with van der Waals surface area (Å²) in [5, 5.41) is 7.54. The van der Waals surface area contributed by atoms with Crippen LogP contribution >= 0.6 is 0 Å². The van der Waals surface area contributed by atoms with Crippen molar-refractivity contribution in [3.63, 3.8) is 0 Å². The Balaban J connectivity index is 2.40. The van der Waals surface area contributed by atoms with E-state index in [2.05, 4.69) is 34.5 Å². The summed E-state index contributed by atoms with van der Waals surface area (Å²) in [6, 6.07) is 6.09. The third-order valence-electron chi connectivity index (χ3n) is 2.41. The van der Waals surface area contributed by atoms with Gasteiger partial charge in [-0.3, -0.25) is 4.98 Å². The van der Waals surface area contributed by atoms with Gasteiger partial charge < -0.3 is 5.32 Å². The predicted molar refractivity (Wildman–Crippen MR) is 63.6 cm³/mol. The third kappa shape index (κ3) is 2.12. The van der Waals surface area contributed by atoms with E-state index in [1.165, 1.54) is 0 Å². The summed E-state index contributed by atoms with van der Waals surface area (Å²) < 4.78 is 1.94. The quantitative estimate of drug-likeness (QED) is 0.847. The fourth-order valence-corrected chi connectivity index (χ4v) is 1.77. The van der Waals surface area contributed by atoms with Crippen molar-refractivity contribution in [3.05, 3.63) is 41.5 Å². The van der Waals surface area contributed by atoms with Gasteiger partial charge in [-0.25, -0.2) is 4.68 Å². The Labute approximate surface area is 95.3 Å². The van der Waals surface area contributed by atoms with Crippen LogP contribution in [0.15, 0.2) is 24.4 Å². The molecule has 0 saturated heterocycles. The minimum Gasteiger partial charge on any atom is -0.314 e. The maximum atomic E-state index is 4.45. The lowest BCUT2D eigenvalue weighted by Gasteiger charge is -2.06. The SMILES string of the molecule is CNCc1cc(-n2nc(C)cc2C)ccn1. The van der Waals surface area contributed by atoms with E-state index in [9.17, 15) is 0 Å². The zero-order chi connectivity index (χ0) is 11.5. The zero-order valence-corrected chi connectivity index (χ0v) is 9.86. The van der Waals surface area contributed by atoms with Crippen LogP contribution in [-0.2, 0) is 6.54 Å². The highest BCUT2D eigenvalue weighted by Crippen LogP contribution is 2.12. The Hall–Kier alpha value is -1.68. The first-order chi connectivity index (χ1) is 7.70. The zero-order valence-electron chi connectivity index (χ0n) is 9.86. The Kier molecular flexibility index (Phi) is 3.01. The normalized spacial score (nSPS) is 10.7. The monoisotopic (exact) mass is 216 g/mol. The number of aryl methyl sites for hydroxylation is 2. The molecule has 2 heterocycles. The van der Waals surface area contributed by atoms with Gasteiger partial charge in [-0.1, -0.05) is 0 Å². The van der Waals surface area contributed by atoms with Crippen LogP contribution in [0.3, 0.4) is 0 Å². The van der Waals surface area contributed by atoms with Crippen molar-refractivity contribution in [1.82, 2.24) is 20.1 Å². The highest BCUT2D eigenvalue weighted by molar-refractivity contribution is 5.33. The third-order valence-corrected chi connectivity index (χ3v) is 2.41. The maximum absolute atomic E-state index is 4.45. The molecule has 0 spiro atoms. The molecule has 16 heavy (non-hydrogen) atoms. The Bertz CT molecular complexity index is 488. The molecule has 2 rings (SSSR count). The lowest BCUT2D eigenvalue weighted by atomic mass is 10.3. The van der Waals surface area contributed by atoms with Crippen molar-refractivity contribution in [1.29, 1.82) is 0 Å². The van der Waals surface area contributed by atoms with E-state index in [-0.39, 0.29) is 0 Å². The number of aromatic nitrogens is 3. The largest absolute Gasteiger partial charge is 0.314 e. The Morgan fingerprint density at radius 2 is 2.12 bits per heavy atom. The van der Waals surface area contributed by atoms with Gasteiger partial charge in [0.2, 0.25) is 0 Å². The average molecular weight is 216 g/mol. The average Bonchev–Trinajstić information content (AvgIpc) is 2.59. The summed E-state index contributed by atoms with van der Waals surface area (Å²) in [5.41, 5.74) is 4.25. The fourth-order valence-electron chi connectivity index (χ4n) is 1.77. The minimum atomic E-state index is 0.771. The molecule has 0 bridgehead atoms. The molecule has 0 radical (unpaired) electrons. The first-order valence-electron chi connectivity index (χ1n) is 5.34. The van der Waals surface area contributed by atoms with Gasteiger partial charge in [0.15, 0.2) is 0 Å². The number of nitrogens with zero attached hydrogens (tertiary/aromatic N) is 3. The maximum Gasteiger partial charge on any atom is 0.0682 e. The molecule has 2 aromatic rings. The second-order valence-electron chi connectivity index (χ2n) is 3.87. The van der Waals surface area contributed by atoms with Gasteiger partial charge in [-0.15, -0.1) is 0 Å². The molecule has 4 nitrogen and oxygen atoms in total. The van der Waals surface area contributed by atoms with Crippen LogP contribution < -0.4 is 5.32 Å². The van der Waals surface area contributed by atoms with Crippen LogP contribution in [-0.4, -0.2) is 21.8 Å². The molecule has 0 aromatic carbocycles. The van der Waals surface area contributed by atoms with E-state index in [1.807, 2.05) is 30.9 Å². The Morgan fingerprint density at radius 1 is 1.31 bits per heavy atom. The van der Waals surface area contributed by atoms with E-state index in [4.69, 9.17) is 0 Å². The smallest absolute Gasteiger partial charge is 0.0682 e. The number of pyridine rings is 1. The predicted octanol–water partition coefficient (Wildman–Crippen LogP) is 1.60. The molecule has 0 saturated carbocycles. The highest BCUT2D eigenvalue weighted by atomic mass is 15.3. The summed E-state index contributed by atoms with van der Waals surface area (Å²) in [6.07, 6.45) is 1.82. The number of hydrogen-bond acceptors (Lipinski definition) is 3. The van der Waals surface area contributed by atoms with Gasteiger partial charge in [0.05, 0.1) is 17.1 Å². The molecular weight excluding hydrogens is 200 g/mol. The summed E-state index contributed by atoms with van der Waals surface area (Å²) in [6.45, 7) is 4.82. The van der Waals surface area contributed by atoms with E-state index >= 15 is 0 Å². The van der Waals surface area contributed by atoms with E-state index in [0.29, 0.717) is 0 Å². The van der Waals surface area contributed by atoms with Crippen LogP contribution in [0.4, 0.5) is 0 Å². The lowest BCUT2D eigenvalue weighted by Crippen LogP contribution is -2.08. The van der Waals surface area contributed by atoms with E-state index in [1.54, 1.807) is 0 Å². The first-order valence-corrected chi connectivity index (χ1v) is 5.34. The van der Waals surface area contributed by atoms with E-state index in [0.717, 1.165) is 29.3 Å².